The number of nitrogens with two attached hydrogens (primary N) is 1. The van der Waals surface area contributed by atoms with E-state index >= 15 is 0 Å². The van der Waals surface area contributed by atoms with Crippen molar-refractivity contribution in [2.45, 2.75) is 26.0 Å². The zero-order valence-electron chi connectivity index (χ0n) is 8.68. The lowest BCUT2D eigenvalue weighted by Crippen LogP contribution is -2.23. The molecule has 0 aliphatic heterocycles. The minimum absolute atomic E-state index is 0.0311. The molecule has 0 saturated heterocycles. The largest absolute Gasteiger partial charge is 0.391 e. The molecule has 0 amide bonds. The highest BCUT2D eigenvalue weighted by atomic mass is 16.6. The summed E-state index contributed by atoms with van der Waals surface area (Å²) in [7, 11) is 0. The maximum absolute atomic E-state index is 10.7. The first kappa shape index (κ1) is 11.6. The number of aliphatic hydroxyl groups excluding tert-OH is 1. The first-order valence-corrected chi connectivity index (χ1v) is 4.62. The van der Waals surface area contributed by atoms with E-state index in [9.17, 15) is 15.2 Å². The van der Waals surface area contributed by atoms with Crippen LogP contribution in [0.5, 0.6) is 0 Å². The van der Waals surface area contributed by atoms with E-state index in [0.717, 1.165) is 0 Å². The molecule has 5 nitrogen and oxygen atoms in total. The van der Waals surface area contributed by atoms with Crippen LogP contribution in [0, 0.1) is 17.0 Å². The van der Waals surface area contributed by atoms with E-state index < -0.39 is 17.1 Å². The second kappa shape index (κ2) is 4.37. The van der Waals surface area contributed by atoms with E-state index in [1.807, 2.05) is 0 Å². The number of rotatable bonds is 3. The van der Waals surface area contributed by atoms with Crippen molar-refractivity contribution >= 4 is 5.69 Å². The van der Waals surface area contributed by atoms with E-state index in [1.54, 1.807) is 26.0 Å². The summed E-state index contributed by atoms with van der Waals surface area (Å²) in [6.07, 6.45) is -0.729. The van der Waals surface area contributed by atoms with Crippen LogP contribution in [0.2, 0.25) is 0 Å². The fraction of sp³-hybridized carbons (Fsp3) is 0.400. The van der Waals surface area contributed by atoms with E-state index in [2.05, 4.69) is 0 Å². The number of hydrogen-bond acceptors (Lipinski definition) is 4. The molecule has 3 N–H and O–H groups in total. The van der Waals surface area contributed by atoms with Gasteiger partial charge in [-0.1, -0.05) is 12.1 Å². The van der Waals surface area contributed by atoms with Gasteiger partial charge in [0.1, 0.15) is 0 Å². The van der Waals surface area contributed by atoms with Crippen LogP contribution in [0.1, 0.15) is 24.1 Å². The fourth-order valence-corrected chi connectivity index (χ4v) is 1.31. The van der Waals surface area contributed by atoms with Crippen LogP contribution in [0.4, 0.5) is 5.69 Å². The summed E-state index contributed by atoms with van der Waals surface area (Å²) in [5, 5.41) is 19.9. The van der Waals surface area contributed by atoms with Crippen molar-refractivity contribution in [2.24, 2.45) is 5.73 Å². The van der Waals surface area contributed by atoms with Gasteiger partial charge in [-0.25, -0.2) is 0 Å². The molecule has 0 aliphatic carbocycles. The van der Waals surface area contributed by atoms with Crippen molar-refractivity contribution in [1.29, 1.82) is 0 Å². The maximum atomic E-state index is 10.7. The summed E-state index contributed by atoms with van der Waals surface area (Å²) in [4.78, 5) is 10.2. The average Bonchev–Trinajstić information content (AvgIpc) is 2.16. The standard InChI is InChI=1S/C10H14N2O3/c1-6-3-4-8(10(11)7(2)13)5-9(6)12(14)15/h3-5,7,10,13H,11H2,1-2H3/t7-,10-/m1/s1. The Kier molecular flexibility index (Phi) is 3.39. The number of nitrogens with zero attached hydrogens (tertiary/aromatic N) is 1. The third-order valence-corrected chi connectivity index (χ3v) is 2.33. The SMILES string of the molecule is Cc1ccc([C@H](N)[C@@H](C)O)cc1[N+](=O)[O-]. The first-order chi connectivity index (χ1) is 6.93. The topological polar surface area (TPSA) is 89.4 Å². The van der Waals surface area contributed by atoms with E-state index in [4.69, 9.17) is 5.73 Å². The van der Waals surface area contributed by atoms with Crippen molar-refractivity contribution < 1.29 is 10.0 Å². The molecular formula is C10H14N2O3. The second-order valence-electron chi connectivity index (χ2n) is 3.57. The molecule has 5 heteroatoms. The Balaban J connectivity index is 3.13. The minimum Gasteiger partial charge on any atom is -0.391 e. The first-order valence-electron chi connectivity index (χ1n) is 4.62. The quantitative estimate of drug-likeness (QED) is 0.581. The normalized spacial score (nSPS) is 14.7. The van der Waals surface area contributed by atoms with Gasteiger partial charge in [0, 0.05) is 11.6 Å². The third kappa shape index (κ3) is 2.51. The third-order valence-electron chi connectivity index (χ3n) is 2.33. The molecule has 0 aromatic heterocycles. The fourth-order valence-electron chi connectivity index (χ4n) is 1.31. The highest BCUT2D eigenvalue weighted by Crippen LogP contribution is 2.23. The van der Waals surface area contributed by atoms with Crippen molar-refractivity contribution in [3.05, 3.63) is 39.4 Å². The molecule has 0 spiro atoms. The highest BCUT2D eigenvalue weighted by molar-refractivity contribution is 5.43. The van der Waals surface area contributed by atoms with Crippen LogP contribution in [-0.4, -0.2) is 16.1 Å². The van der Waals surface area contributed by atoms with Gasteiger partial charge in [0.25, 0.3) is 5.69 Å². The minimum atomic E-state index is -0.729. The van der Waals surface area contributed by atoms with Gasteiger partial charge in [-0.05, 0) is 19.4 Å². The zero-order chi connectivity index (χ0) is 11.6. The molecule has 0 saturated carbocycles. The van der Waals surface area contributed by atoms with E-state index in [0.29, 0.717) is 11.1 Å². The Morgan fingerprint density at radius 2 is 2.13 bits per heavy atom. The number of aryl methyl sites for hydroxylation is 1. The molecule has 0 radical (unpaired) electrons. The van der Waals surface area contributed by atoms with Crippen LogP contribution >= 0.6 is 0 Å². The molecule has 1 aromatic rings. The molecule has 1 rings (SSSR count). The predicted octanol–water partition coefficient (Wildman–Crippen LogP) is 1.28. The van der Waals surface area contributed by atoms with Gasteiger partial charge in [-0.2, -0.15) is 0 Å². The second-order valence-corrected chi connectivity index (χ2v) is 3.57. The molecule has 2 atom stereocenters. The number of benzene rings is 1. The Morgan fingerprint density at radius 1 is 1.53 bits per heavy atom. The summed E-state index contributed by atoms with van der Waals surface area (Å²) in [6, 6.07) is 4.14. The highest BCUT2D eigenvalue weighted by Gasteiger charge is 2.17. The average molecular weight is 210 g/mol. The van der Waals surface area contributed by atoms with Crippen molar-refractivity contribution in [3.63, 3.8) is 0 Å². The summed E-state index contributed by atoms with van der Waals surface area (Å²) < 4.78 is 0. The van der Waals surface area contributed by atoms with Gasteiger partial charge in [0.05, 0.1) is 17.1 Å². The van der Waals surface area contributed by atoms with Crippen molar-refractivity contribution in [2.75, 3.05) is 0 Å². The van der Waals surface area contributed by atoms with E-state index in [1.165, 1.54) is 6.07 Å². The van der Waals surface area contributed by atoms with E-state index in [-0.39, 0.29) is 5.69 Å². The van der Waals surface area contributed by atoms with Gasteiger partial charge < -0.3 is 10.8 Å². The number of hydrogen-bond donors (Lipinski definition) is 2. The molecule has 0 heterocycles. The molecule has 15 heavy (non-hydrogen) atoms. The molecule has 0 aliphatic rings. The molecule has 0 unspecified atom stereocenters. The van der Waals surface area contributed by atoms with Gasteiger partial charge in [-0.15, -0.1) is 0 Å². The van der Waals surface area contributed by atoms with Crippen molar-refractivity contribution in [3.8, 4) is 0 Å². The summed E-state index contributed by atoms with van der Waals surface area (Å²) >= 11 is 0. The van der Waals surface area contributed by atoms with Gasteiger partial charge in [0.2, 0.25) is 0 Å². The van der Waals surface area contributed by atoms with Crippen LogP contribution in [0.3, 0.4) is 0 Å². The molecule has 0 bridgehead atoms. The van der Waals surface area contributed by atoms with Gasteiger partial charge in [-0.3, -0.25) is 10.1 Å². The molecular weight excluding hydrogens is 196 g/mol. The molecule has 0 fully saturated rings. The van der Waals surface area contributed by atoms with Crippen LogP contribution in [0.15, 0.2) is 18.2 Å². The van der Waals surface area contributed by atoms with Gasteiger partial charge in [0.15, 0.2) is 0 Å². The maximum Gasteiger partial charge on any atom is 0.272 e. The summed E-state index contributed by atoms with van der Waals surface area (Å²) in [6.45, 7) is 3.21. The van der Waals surface area contributed by atoms with Crippen LogP contribution in [-0.2, 0) is 0 Å². The molecule has 82 valence electrons. The van der Waals surface area contributed by atoms with Crippen molar-refractivity contribution in [1.82, 2.24) is 0 Å². The smallest absolute Gasteiger partial charge is 0.272 e. The zero-order valence-corrected chi connectivity index (χ0v) is 8.68. The Labute approximate surface area is 87.7 Å². The Hall–Kier alpha value is -1.46. The lowest BCUT2D eigenvalue weighted by Gasteiger charge is -2.14. The lowest BCUT2D eigenvalue weighted by atomic mass is 10.0. The summed E-state index contributed by atoms with van der Waals surface area (Å²) in [5.74, 6) is 0. The molecule has 1 aromatic carbocycles. The lowest BCUT2D eigenvalue weighted by molar-refractivity contribution is -0.385. The Bertz CT molecular complexity index is 377. The van der Waals surface area contributed by atoms with Gasteiger partial charge >= 0.3 is 0 Å². The van der Waals surface area contributed by atoms with Crippen LogP contribution < -0.4 is 5.73 Å². The predicted molar refractivity (Wildman–Crippen MR) is 56.4 cm³/mol. The summed E-state index contributed by atoms with van der Waals surface area (Å²) in [5.41, 5.74) is 6.87. The van der Waals surface area contributed by atoms with Crippen LogP contribution in [0.25, 0.3) is 0 Å². The number of nitro groups is 1. The number of aliphatic hydroxyl groups is 1. The number of nitro benzene ring substituents is 1. The Morgan fingerprint density at radius 3 is 2.60 bits per heavy atom. The monoisotopic (exact) mass is 210 g/mol.